The largest absolute Gasteiger partial charge is 0.480 e. The van der Waals surface area contributed by atoms with E-state index in [0.717, 1.165) is 11.1 Å². The summed E-state index contributed by atoms with van der Waals surface area (Å²) in [7, 11) is 0. The van der Waals surface area contributed by atoms with E-state index >= 15 is 0 Å². The molecule has 3 heterocycles. The van der Waals surface area contributed by atoms with Crippen LogP contribution in [-0.2, 0) is 17.8 Å². The molecule has 6 heteroatoms. The van der Waals surface area contributed by atoms with Crippen molar-refractivity contribution >= 4 is 22.9 Å². The van der Waals surface area contributed by atoms with E-state index in [1.54, 1.807) is 24.5 Å². The number of hydrogen-bond acceptors (Lipinski definition) is 3. The average Bonchev–Trinajstić information content (AvgIpc) is 3.08. The lowest BCUT2D eigenvalue weighted by Crippen LogP contribution is -2.48. The number of fused-ring (bicyclic) bond motifs is 2. The molecule has 0 saturated carbocycles. The molecule has 3 aromatic rings. The molecule has 2 N–H and O–H groups in total. The van der Waals surface area contributed by atoms with Crippen LogP contribution in [0.5, 0.6) is 0 Å². The van der Waals surface area contributed by atoms with Crippen molar-refractivity contribution in [3.8, 4) is 0 Å². The molecular weight excluding hydrogens is 306 g/mol. The number of aromatic amines is 1. The summed E-state index contributed by atoms with van der Waals surface area (Å²) in [4.78, 5) is 33.4. The van der Waals surface area contributed by atoms with E-state index in [0.29, 0.717) is 29.6 Å². The van der Waals surface area contributed by atoms with Gasteiger partial charge in [0.25, 0.3) is 5.91 Å². The summed E-state index contributed by atoms with van der Waals surface area (Å²) in [5, 5.41) is 10.3. The SMILES string of the molecule is O=C(O)[C@@H]1Cc2ccccc2CN1C(=O)c1ccnc2[nH]ccc12. The Labute approximate surface area is 137 Å². The maximum Gasteiger partial charge on any atom is 0.326 e. The van der Waals surface area contributed by atoms with Crippen LogP contribution in [0.25, 0.3) is 11.0 Å². The van der Waals surface area contributed by atoms with E-state index in [-0.39, 0.29) is 5.91 Å². The Hall–Kier alpha value is -3.15. The number of carboxylic acid groups (broad SMARTS) is 1. The van der Waals surface area contributed by atoms with Gasteiger partial charge in [0.2, 0.25) is 0 Å². The van der Waals surface area contributed by atoms with Crippen molar-refractivity contribution < 1.29 is 14.7 Å². The standard InChI is InChI=1S/C18H15N3O3/c22-17(14-6-8-20-16-13(14)5-7-19-16)21-10-12-4-2-1-3-11(12)9-15(21)18(23)24/h1-8,15H,9-10H2,(H,19,20)(H,23,24)/t15-/m0/s1. The number of hydrogen-bond donors (Lipinski definition) is 2. The zero-order valence-corrected chi connectivity index (χ0v) is 12.8. The number of aliphatic carboxylic acids is 1. The van der Waals surface area contributed by atoms with Crippen LogP contribution in [0.1, 0.15) is 21.5 Å². The van der Waals surface area contributed by atoms with Gasteiger partial charge in [0.15, 0.2) is 0 Å². The summed E-state index contributed by atoms with van der Waals surface area (Å²) in [6, 6.07) is 10.2. The lowest BCUT2D eigenvalue weighted by Gasteiger charge is -2.34. The Morgan fingerprint density at radius 1 is 1.17 bits per heavy atom. The molecule has 0 aliphatic carbocycles. The highest BCUT2D eigenvalue weighted by molar-refractivity contribution is 6.06. The van der Waals surface area contributed by atoms with Crippen LogP contribution < -0.4 is 0 Å². The highest BCUT2D eigenvalue weighted by Crippen LogP contribution is 2.27. The van der Waals surface area contributed by atoms with Gasteiger partial charge in [-0.1, -0.05) is 24.3 Å². The van der Waals surface area contributed by atoms with Gasteiger partial charge >= 0.3 is 5.97 Å². The zero-order chi connectivity index (χ0) is 16.7. The van der Waals surface area contributed by atoms with Crippen molar-refractivity contribution in [2.75, 3.05) is 0 Å². The Bertz CT molecular complexity index is 947. The summed E-state index contributed by atoms with van der Waals surface area (Å²) in [6.45, 7) is 0.292. The molecule has 120 valence electrons. The molecule has 1 aliphatic rings. The Morgan fingerprint density at radius 2 is 1.96 bits per heavy atom. The van der Waals surface area contributed by atoms with Crippen molar-refractivity contribution in [2.24, 2.45) is 0 Å². The van der Waals surface area contributed by atoms with Crippen molar-refractivity contribution in [3.05, 3.63) is 65.5 Å². The molecule has 6 nitrogen and oxygen atoms in total. The molecule has 0 unspecified atom stereocenters. The van der Waals surface area contributed by atoms with Gasteiger partial charge in [-0.25, -0.2) is 9.78 Å². The molecule has 1 aliphatic heterocycles. The quantitative estimate of drug-likeness (QED) is 0.758. The zero-order valence-electron chi connectivity index (χ0n) is 12.8. The molecule has 0 saturated heterocycles. The molecule has 2 aromatic heterocycles. The van der Waals surface area contributed by atoms with E-state index in [1.165, 1.54) is 4.90 Å². The summed E-state index contributed by atoms with van der Waals surface area (Å²) in [5.41, 5.74) is 3.05. The third-order valence-electron chi connectivity index (χ3n) is 4.49. The highest BCUT2D eigenvalue weighted by Gasteiger charge is 2.35. The lowest BCUT2D eigenvalue weighted by molar-refractivity contribution is -0.142. The summed E-state index contributed by atoms with van der Waals surface area (Å²) >= 11 is 0. The lowest BCUT2D eigenvalue weighted by atomic mass is 9.93. The maximum absolute atomic E-state index is 13.1. The first-order chi connectivity index (χ1) is 11.6. The minimum absolute atomic E-state index is 0.288. The smallest absolute Gasteiger partial charge is 0.326 e. The van der Waals surface area contributed by atoms with Crippen LogP contribution in [-0.4, -0.2) is 37.9 Å². The number of rotatable bonds is 2. The van der Waals surface area contributed by atoms with Gasteiger partial charge < -0.3 is 15.0 Å². The van der Waals surface area contributed by atoms with Crippen molar-refractivity contribution in [1.29, 1.82) is 0 Å². The number of benzene rings is 1. The second-order valence-electron chi connectivity index (χ2n) is 5.86. The monoisotopic (exact) mass is 321 g/mol. The third-order valence-corrected chi connectivity index (χ3v) is 4.49. The number of carbonyl (C=O) groups excluding carboxylic acids is 1. The predicted molar refractivity (Wildman–Crippen MR) is 87.5 cm³/mol. The minimum atomic E-state index is -0.989. The van der Waals surface area contributed by atoms with Crippen LogP contribution in [0.4, 0.5) is 0 Å². The summed E-state index contributed by atoms with van der Waals surface area (Å²) in [6.07, 6.45) is 3.59. The minimum Gasteiger partial charge on any atom is -0.480 e. The maximum atomic E-state index is 13.1. The molecule has 0 bridgehead atoms. The third kappa shape index (κ3) is 2.23. The number of amides is 1. The highest BCUT2D eigenvalue weighted by atomic mass is 16.4. The molecular formula is C18H15N3O3. The fourth-order valence-electron chi connectivity index (χ4n) is 3.26. The molecule has 1 aromatic carbocycles. The summed E-state index contributed by atoms with van der Waals surface area (Å²) in [5.74, 6) is -1.28. The van der Waals surface area contributed by atoms with Crippen LogP contribution >= 0.6 is 0 Å². The van der Waals surface area contributed by atoms with Crippen molar-refractivity contribution in [2.45, 2.75) is 19.0 Å². The summed E-state index contributed by atoms with van der Waals surface area (Å²) < 4.78 is 0. The van der Waals surface area contributed by atoms with Gasteiger partial charge in [-0.2, -0.15) is 0 Å². The van der Waals surface area contributed by atoms with E-state index in [9.17, 15) is 14.7 Å². The Morgan fingerprint density at radius 3 is 2.75 bits per heavy atom. The van der Waals surface area contributed by atoms with E-state index in [4.69, 9.17) is 0 Å². The molecule has 1 amide bonds. The number of nitrogens with one attached hydrogen (secondary N) is 1. The first-order valence-electron chi connectivity index (χ1n) is 7.68. The average molecular weight is 321 g/mol. The Balaban J connectivity index is 1.77. The van der Waals surface area contributed by atoms with Gasteiger partial charge in [0.1, 0.15) is 11.7 Å². The van der Waals surface area contributed by atoms with Gasteiger partial charge in [-0.15, -0.1) is 0 Å². The first-order valence-corrected chi connectivity index (χ1v) is 7.68. The second kappa shape index (κ2) is 5.49. The van der Waals surface area contributed by atoms with E-state index < -0.39 is 12.0 Å². The van der Waals surface area contributed by atoms with Crippen molar-refractivity contribution in [3.63, 3.8) is 0 Å². The number of carbonyl (C=O) groups is 2. The number of nitrogens with zero attached hydrogens (tertiary/aromatic N) is 2. The number of pyridine rings is 1. The van der Waals surface area contributed by atoms with Crippen LogP contribution in [0.2, 0.25) is 0 Å². The van der Waals surface area contributed by atoms with Gasteiger partial charge in [0, 0.05) is 30.7 Å². The molecule has 0 fully saturated rings. The normalized spacial score (nSPS) is 16.8. The molecule has 4 rings (SSSR count). The van der Waals surface area contributed by atoms with Crippen molar-refractivity contribution in [1.82, 2.24) is 14.9 Å². The first kappa shape index (κ1) is 14.4. The second-order valence-corrected chi connectivity index (χ2v) is 5.86. The van der Waals surface area contributed by atoms with Crippen LogP contribution in [0, 0.1) is 0 Å². The number of carboxylic acids is 1. The van der Waals surface area contributed by atoms with Crippen LogP contribution in [0.15, 0.2) is 48.8 Å². The van der Waals surface area contributed by atoms with Crippen LogP contribution in [0.3, 0.4) is 0 Å². The van der Waals surface area contributed by atoms with Gasteiger partial charge in [-0.05, 0) is 23.3 Å². The topological polar surface area (TPSA) is 86.3 Å². The predicted octanol–water partition coefficient (Wildman–Crippen LogP) is 2.21. The Kier molecular flexibility index (Phi) is 3.30. The molecule has 1 atom stereocenters. The number of H-pyrrole nitrogens is 1. The van der Waals surface area contributed by atoms with E-state index in [1.807, 2.05) is 24.3 Å². The number of aromatic nitrogens is 2. The fraction of sp³-hybridized carbons (Fsp3) is 0.167. The molecule has 0 radical (unpaired) electrons. The molecule has 0 spiro atoms. The van der Waals surface area contributed by atoms with Gasteiger partial charge in [-0.3, -0.25) is 4.79 Å². The van der Waals surface area contributed by atoms with E-state index in [2.05, 4.69) is 9.97 Å². The fourth-order valence-corrected chi connectivity index (χ4v) is 3.26. The molecule has 24 heavy (non-hydrogen) atoms. The van der Waals surface area contributed by atoms with Gasteiger partial charge in [0.05, 0.1) is 5.56 Å².